The second kappa shape index (κ2) is 4.54. The molecule has 1 aliphatic carbocycles. The summed E-state index contributed by atoms with van der Waals surface area (Å²) < 4.78 is 5.34. The summed E-state index contributed by atoms with van der Waals surface area (Å²) in [5.74, 6) is -1.11. The number of fused-ring (bicyclic) bond motifs is 3. The molecule has 0 radical (unpaired) electrons. The van der Waals surface area contributed by atoms with E-state index in [1.807, 2.05) is 0 Å². The summed E-state index contributed by atoms with van der Waals surface area (Å²) >= 11 is 0. The summed E-state index contributed by atoms with van der Waals surface area (Å²) in [5.41, 5.74) is 0.330. The Labute approximate surface area is 113 Å². The van der Waals surface area contributed by atoms with Gasteiger partial charge in [0.05, 0.1) is 0 Å². The summed E-state index contributed by atoms with van der Waals surface area (Å²) in [6.07, 6.45) is 1.78. The molecule has 2 saturated heterocycles. The fourth-order valence-electron chi connectivity index (χ4n) is 3.04. The average molecular weight is 267 g/mol. The van der Waals surface area contributed by atoms with Crippen molar-refractivity contribution in [2.75, 3.05) is 0 Å². The van der Waals surface area contributed by atoms with Crippen LogP contribution in [-0.4, -0.2) is 39.8 Å². The van der Waals surface area contributed by atoms with Crippen LogP contribution in [-0.2, 0) is 9.53 Å². The Morgan fingerprint density at radius 2 is 2.00 bits per heavy atom. The van der Waals surface area contributed by atoms with Gasteiger partial charge >= 0.3 is 12.1 Å². The van der Waals surface area contributed by atoms with E-state index in [-0.39, 0.29) is 12.0 Å². The van der Waals surface area contributed by atoms with Crippen molar-refractivity contribution >= 4 is 12.1 Å². The predicted octanol–water partition coefficient (Wildman–Crippen LogP) is 2.42. The van der Waals surface area contributed by atoms with Crippen molar-refractivity contribution in [2.24, 2.45) is 5.92 Å². The van der Waals surface area contributed by atoms with Gasteiger partial charge in [0.25, 0.3) is 0 Å². The number of amides is 1. The maximum absolute atomic E-state index is 12.2. The average Bonchev–Trinajstić information content (AvgIpc) is 2.25. The van der Waals surface area contributed by atoms with Gasteiger partial charge in [0, 0.05) is 12.0 Å². The highest BCUT2D eigenvalue weighted by Gasteiger charge is 2.50. The maximum atomic E-state index is 12.2. The third kappa shape index (κ3) is 2.60. The minimum atomic E-state index is -0.971. The lowest BCUT2D eigenvalue weighted by Crippen LogP contribution is -2.61. The van der Waals surface area contributed by atoms with Crippen LogP contribution >= 0.6 is 0 Å². The summed E-state index contributed by atoms with van der Waals surface area (Å²) in [4.78, 5) is 25.1. The number of carboxylic acids is 1. The van der Waals surface area contributed by atoms with E-state index in [1.165, 1.54) is 4.90 Å². The lowest BCUT2D eigenvalue weighted by atomic mass is 9.72. The molecule has 3 rings (SSSR count). The van der Waals surface area contributed by atoms with Crippen molar-refractivity contribution in [3.8, 4) is 0 Å². The van der Waals surface area contributed by atoms with Crippen LogP contribution in [0.15, 0.2) is 12.2 Å². The molecule has 3 fully saturated rings. The molecule has 5 nitrogen and oxygen atoms in total. The number of hydrogen-bond donors (Lipinski definition) is 1. The molecule has 5 heteroatoms. The number of carbonyl (C=O) groups is 2. The van der Waals surface area contributed by atoms with Gasteiger partial charge in [0.1, 0.15) is 11.6 Å². The number of rotatable bonds is 1. The van der Waals surface area contributed by atoms with Gasteiger partial charge in [-0.3, -0.25) is 4.90 Å². The van der Waals surface area contributed by atoms with E-state index < -0.39 is 23.7 Å². The normalized spacial score (nSPS) is 30.4. The van der Waals surface area contributed by atoms with Gasteiger partial charge < -0.3 is 9.84 Å². The third-order valence-corrected chi connectivity index (χ3v) is 3.76. The first-order valence-corrected chi connectivity index (χ1v) is 6.62. The lowest BCUT2D eigenvalue weighted by Gasteiger charge is -2.50. The summed E-state index contributed by atoms with van der Waals surface area (Å²) in [7, 11) is 0. The minimum absolute atomic E-state index is 0.0894. The molecule has 0 aromatic heterocycles. The van der Waals surface area contributed by atoms with Crippen molar-refractivity contribution in [1.82, 2.24) is 4.90 Å². The van der Waals surface area contributed by atoms with E-state index in [2.05, 4.69) is 6.58 Å². The van der Waals surface area contributed by atoms with Crippen molar-refractivity contribution in [3.63, 3.8) is 0 Å². The van der Waals surface area contributed by atoms with Crippen LogP contribution in [0.1, 0.15) is 40.0 Å². The molecule has 1 amide bonds. The monoisotopic (exact) mass is 267 g/mol. The molecule has 3 aliphatic rings. The first-order valence-electron chi connectivity index (χ1n) is 6.62. The van der Waals surface area contributed by atoms with Gasteiger partial charge in [0.15, 0.2) is 0 Å². The third-order valence-electron chi connectivity index (χ3n) is 3.76. The van der Waals surface area contributed by atoms with E-state index in [0.29, 0.717) is 6.42 Å². The van der Waals surface area contributed by atoms with Gasteiger partial charge in [-0.25, -0.2) is 9.59 Å². The molecule has 1 N–H and O–H groups in total. The first-order chi connectivity index (χ1) is 8.70. The van der Waals surface area contributed by atoms with Crippen molar-refractivity contribution < 1.29 is 19.4 Å². The molecule has 0 spiro atoms. The van der Waals surface area contributed by atoms with E-state index >= 15 is 0 Å². The second-order valence-electron chi connectivity index (χ2n) is 6.37. The molecule has 0 aromatic carbocycles. The van der Waals surface area contributed by atoms with Crippen LogP contribution < -0.4 is 0 Å². The second-order valence-corrected chi connectivity index (χ2v) is 6.37. The zero-order valence-corrected chi connectivity index (χ0v) is 11.7. The van der Waals surface area contributed by atoms with Gasteiger partial charge in [-0.2, -0.15) is 0 Å². The molecule has 1 saturated carbocycles. The number of piperidine rings is 2. The molecule has 0 aromatic rings. The quantitative estimate of drug-likeness (QED) is 0.741. The fraction of sp³-hybridized carbons (Fsp3) is 0.714. The molecule has 3 atom stereocenters. The van der Waals surface area contributed by atoms with Crippen LogP contribution in [0.5, 0.6) is 0 Å². The lowest BCUT2D eigenvalue weighted by molar-refractivity contribution is -0.149. The van der Waals surface area contributed by atoms with Crippen molar-refractivity contribution in [2.45, 2.75) is 57.7 Å². The van der Waals surface area contributed by atoms with Crippen LogP contribution in [0.3, 0.4) is 0 Å². The SMILES string of the molecule is C=C1C[C@@H]2CC[C@H]1[C@@H](C(=O)O)N2C(=O)OC(C)(C)C. The van der Waals surface area contributed by atoms with E-state index in [0.717, 1.165) is 18.4 Å². The zero-order chi connectivity index (χ0) is 14.4. The number of carboxylic acid groups (broad SMARTS) is 1. The standard InChI is InChI=1S/C14H21NO4/c1-8-7-9-5-6-10(8)11(12(16)17)15(9)13(18)19-14(2,3)4/h9-11H,1,5-7H2,2-4H3,(H,16,17)/t9-,10+,11-/m0/s1. The Hall–Kier alpha value is -1.52. The molecule has 0 unspecified atom stereocenters. The molecule has 106 valence electrons. The number of aliphatic carboxylic acids is 1. The number of ether oxygens (including phenoxy) is 1. The Kier molecular flexibility index (Phi) is 3.32. The summed E-state index contributed by atoms with van der Waals surface area (Å²) in [5, 5.41) is 9.41. The highest BCUT2D eigenvalue weighted by Crippen LogP contribution is 2.43. The summed E-state index contributed by atoms with van der Waals surface area (Å²) in [6.45, 7) is 9.29. The van der Waals surface area contributed by atoms with E-state index in [9.17, 15) is 14.7 Å². The number of hydrogen-bond acceptors (Lipinski definition) is 3. The van der Waals surface area contributed by atoms with E-state index in [1.54, 1.807) is 20.8 Å². The predicted molar refractivity (Wildman–Crippen MR) is 69.8 cm³/mol. The van der Waals surface area contributed by atoms with Gasteiger partial charge in [-0.1, -0.05) is 12.2 Å². The fourth-order valence-corrected chi connectivity index (χ4v) is 3.04. The topological polar surface area (TPSA) is 66.8 Å². The Morgan fingerprint density at radius 3 is 2.47 bits per heavy atom. The zero-order valence-electron chi connectivity index (χ0n) is 11.7. The maximum Gasteiger partial charge on any atom is 0.411 e. The Balaban J connectivity index is 2.25. The van der Waals surface area contributed by atoms with Gasteiger partial charge in [0.2, 0.25) is 0 Å². The van der Waals surface area contributed by atoms with Gasteiger partial charge in [-0.15, -0.1) is 0 Å². The van der Waals surface area contributed by atoms with Crippen LogP contribution in [0.4, 0.5) is 4.79 Å². The Morgan fingerprint density at radius 1 is 1.37 bits per heavy atom. The summed E-state index contributed by atoms with van der Waals surface area (Å²) in [6, 6.07) is -0.914. The number of nitrogens with zero attached hydrogens (tertiary/aromatic N) is 1. The van der Waals surface area contributed by atoms with Gasteiger partial charge in [-0.05, 0) is 40.0 Å². The molecular weight excluding hydrogens is 246 g/mol. The molecular formula is C14H21NO4. The van der Waals surface area contributed by atoms with Crippen molar-refractivity contribution in [3.05, 3.63) is 12.2 Å². The first kappa shape index (κ1) is 13.9. The number of carbonyl (C=O) groups excluding carboxylic acids is 1. The van der Waals surface area contributed by atoms with Crippen LogP contribution in [0.25, 0.3) is 0 Å². The molecule has 19 heavy (non-hydrogen) atoms. The molecule has 2 heterocycles. The highest BCUT2D eigenvalue weighted by molar-refractivity contribution is 5.82. The van der Waals surface area contributed by atoms with E-state index in [4.69, 9.17) is 4.74 Å². The molecule has 2 bridgehead atoms. The van der Waals surface area contributed by atoms with Crippen molar-refractivity contribution in [1.29, 1.82) is 0 Å². The molecule has 2 aliphatic heterocycles. The largest absolute Gasteiger partial charge is 0.480 e. The van der Waals surface area contributed by atoms with Crippen LogP contribution in [0, 0.1) is 5.92 Å². The highest BCUT2D eigenvalue weighted by atomic mass is 16.6. The van der Waals surface area contributed by atoms with Crippen LogP contribution in [0.2, 0.25) is 0 Å². The smallest absolute Gasteiger partial charge is 0.411 e. The Bertz CT molecular complexity index is 424. The minimum Gasteiger partial charge on any atom is -0.480 e.